The van der Waals surface area contributed by atoms with E-state index in [1.165, 1.54) is 11.4 Å². The van der Waals surface area contributed by atoms with Gasteiger partial charge in [-0.15, -0.1) is 0 Å². The van der Waals surface area contributed by atoms with Gasteiger partial charge in [-0.25, -0.2) is 0 Å². The predicted molar refractivity (Wildman–Crippen MR) is 56.5 cm³/mol. The molecule has 1 unspecified atom stereocenters. The van der Waals surface area contributed by atoms with Crippen LogP contribution < -0.4 is 0 Å². The molecule has 3 heteroatoms. The molecule has 80 valence electrons. The molecule has 1 aromatic heterocycles. The molecule has 0 aromatic carbocycles. The van der Waals surface area contributed by atoms with Crippen molar-refractivity contribution in [3.8, 4) is 0 Å². The van der Waals surface area contributed by atoms with Gasteiger partial charge in [0.25, 0.3) is 0 Å². The highest BCUT2D eigenvalue weighted by atomic mass is 16.5. The summed E-state index contributed by atoms with van der Waals surface area (Å²) < 4.78 is 7.38. The average Bonchev–Trinajstić information content (AvgIpc) is 2.46. The Morgan fingerprint density at radius 2 is 1.93 bits per heavy atom. The lowest BCUT2D eigenvalue weighted by Crippen LogP contribution is -2.18. The summed E-state index contributed by atoms with van der Waals surface area (Å²) in [4.78, 5) is 0. The monoisotopic (exact) mass is 197 g/mol. The Hall–Kier alpha value is -0.800. The molecule has 3 nitrogen and oxygen atoms in total. The van der Waals surface area contributed by atoms with Crippen molar-refractivity contribution >= 4 is 0 Å². The Kier molecular flexibility index (Phi) is 4.17. The largest absolute Gasteiger partial charge is 0.396 e. The van der Waals surface area contributed by atoms with Crippen molar-refractivity contribution in [2.75, 3.05) is 20.3 Å². The van der Waals surface area contributed by atoms with Crippen LogP contribution in [0, 0.1) is 13.8 Å². The van der Waals surface area contributed by atoms with Crippen LogP contribution in [0.5, 0.6) is 0 Å². The summed E-state index contributed by atoms with van der Waals surface area (Å²) in [6, 6.07) is 4.44. The summed E-state index contributed by atoms with van der Waals surface area (Å²) in [5.74, 6) is 0. The van der Waals surface area contributed by atoms with Crippen molar-refractivity contribution in [3.05, 3.63) is 23.5 Å². The maximum Gasteiger partial charge on any atom is 0.0671 e. The fraction of sp³-hybridized carbons (Fsp3) is 0.636. The highest BCUT2D eigenvalue weighted by Gasteiger charge is 2.13. The number of aryl methyl sites for hydroxylation is 2. The Morgan fingerprint density at radius 1 is 1.36 bits per heavy atom. The lowest BCUT2D eigenvalue weighted by atomic mass is 10.2. The molecule has 14 heavy (non-hydrogen) atoms. The van der Waals surface area contributed by atoms with Crippen LogP contribution in [-0.2, 0) is 4.74 Å². The van der Waals surface area contributed by atoms with Crippen LogP contribution in [0.1, 0.15) is 23.9 Å². The van der Waals surface area contributed by atoms with Gasteiger partial charge in [0.05, 0.1) is 12.6 Å². The molecule has 1 rings (SSSR count). The molecule has 1 atom stereocenters. The number of methoxy groups -OCH3 is 1. The minimum absolute atomic E-state index is 0.199. The highest BCUT2D eigenvalue weighted by Crippen LogP contribution is 2.18. The molecular weight excluding hydrogens is 178 g/mol. The molecule has 0 saturated heterocycles. The summed E-state index contributed by atoms with van der Waals surface area (Å²) in [5, 5.41) is 8.98. The van der Waals surface area contributed by atoms with E-state index < -0.39 is 0 Å². The fourth-order valence-electron chi connectivity index (χ4n) is 1.88. The van der Waals surface area contributed by atoms with Crippen LogP contribution in [-0.4, -0.2) is 30.0 Å². The minimum atomic E-state index is 0.199. The van der Waals surface area contributed by atoms with Crippen LogP contribution in [0.3, 0.4) is 0 Å². The fourth-order valence-corrected chi connectivity index (χ4v) is 1.88. The van der Waals surface area contributed by atoms with Crippen molar-refractivity contribution in [2.45, 2.75) is 26.3 Å². The maximum absolute atomic E-state index is 8.98. The number of hydrogen-bond donors (Lipinski definition) is 1. The number of aromatic nitrogens is 1. The second-order valence-corrected chi connectivity index (χ2v) is 3.61. The highest BCUT2D eigenvalue weighted by molar-refractivity contribution is 5.15. The first-order chi connectivity index (χ1) is 6.70. The summed E-state index contributed by atoms with van der Waals surface area (Å²) in [7, 11) is 1.69. The molecule has 0 bridgehead atoms. The third-order valence-corrected chi connectivity index (χ3v) is 2.51. The molecule has 0 aliphatic carbocycles. The molecule has 0 fully saturated rings. The molecule has 0 saturated carbocycles. The van der Waals surface area contributed by atoms with Gasteiger partial charge in [0.1, 0.15) is 0 Å². The van der Waals surface area contributed by atoms with E-state index in [1.54, 1.807) is 7.11 Å². The first-order valence-corrected chi connectivity index (χ1v) is 4.95. The minimum Gasteiger partial charge on any atom is -0.396 e. The van der Waals surface area contributed by atoms with Gasteiger partial charge in [-0.2, -0.15) is 0 Å². The van der Waals surface area contributed by atoms with Gasteiger partial charge in [-0.05, 0) is 32.4 Å². The third-order valence-electron chi connectivity index (χ3n) is 2.51. The van der Waals surface area contributed by atoms with Crippen LogP contribution in [0.25, 0.3) is 0 Å². The quantitative estimate of drug-likeness (QED) is 0.779. The Bertz CT molecular complexity index is 255. The van der Waals surface area contributed by atoms with Gasteiger partial charge in [-0.1, -0.05) is 0 Å². The molecule has 0 aliphatic rings. The zero-order valence-electron chi connectivity index (χ0n) is 9.16. The van der Waals surface area contributed by atoms with Crippen LogP contribution in [0.15, 0.2) is 12.1 Å². The van der Waals surface area contributed by atoms with Crippen molar-refractivity contribution in [1.29, 1.82) is 0 Å². The summed E-state index contributed by atoms with van der Waals surface area (Å²) in [5.41, 5.74) is 2.44. The predicted octanol–water partition coefficient (Wildman–Crippen LogP) is 1.67. The zero-order valence-corrected chi connectivity index (χ0v) is 9.16. The molecule has 1 aromatic rings. The number of nitrogens with zero attached hydrogens (tertiary/aromatic N) is 1. The van der Waals surface area contributed by atoms with Gasteiger partial charge in [-0.3, -0.25) is 0 Å². The lowest BCUT2D eigenvalue weighted by molar-refractivity contribution is 0.134. The Balaban J connectivity index is 2.85. The number of aliphatic hydroxyl groups is 1. The van der Waals surface area contributed by atoms with Gasteiger partial charge in [0, 0.05) is 25.1 Å². The molecule has 1 N–H and O–H groups in total. The summed E-state index contributed by atoms with van der Waals surface area (Å²) >= 11 is 0. The summed E-state index contributed by atoms with van der Waals surface area (Å²) in [6.07, 6.45) is 0.740. The van der Waals surface area contributed by atoms with E-state index in [-0.39, 0.29) is 12.6 Å². The summed E-state index contributed by atoms with van der Waals surface area (Å²) in [6.45, 7) is 5.00. The van der Waals surface area contributed by atoms with E-state index in [1.807, 2.05) is 0 Å². The Labute approximate surface area is 85.3 Å². The number of ether oxygens (including phenoxy) is 1. The molecule has 0 amide bonds. The first kappa shape index (κ1) is 11.3. The van der Waals surface area contributed by atoms with Gasteiger partial charge in [0.2, 0.25) is 0 Å². The lowest BCUT2D eigenvalue weighted by Gasteiger charge is -2.21. The van der Waals surface area contributed by atoms with E-state index in [0.29, 0.717) is 6.61 Å². The van der Waals surface area contributed by atoms with Gasteiger partial charge >= 0.3 is 0 Å². The SMILES string of the molecule is COCC(CCO)n1c(C)ccc1C. The van der Waals surface area contributed by atoms with Gasteiger partial charge in [0.15, 0.2) is 0 Å². The molecule has 0 radical (unpaired) electrons. The normalized spacial score (nSPS) is 13.1. The first-order valence-electron chi connectivity index (χ1n) is 4.95. The van der Waals surface area contributed by atoms with E-state index in [9.17, 15) is 0 Å². The van der Waals surface area contributed by atoms with E-state index in [2.05, 4.69) is 30.5 Å². The topological polar surface area (TPSA) is 34.4 Å². The van der Waals surface area contributed by atoms with E-state index >= 15 is 0 Å². The molecule has 0 spiro atoms. The van der Waals surface area contributed by atoms with E-state index in [0.717, 1.165) is 6.42 Å². The van der Waals surface area contributed by atoms with E-state index in [4.69, 9.17) is 9.84 Å². The number of rotatable bonds is 5. The van der Waals surface area contributed by atoms with Crippen molar-refractivity contribution in [3.63, 3.8) is 0 Å². The van der Waals surface area contributed by atoms with Gasteiger partial charge < -0.3 is 14.4 Å². The Morgan fingerprint density at radius 3 is 2.36 bits per heavy atom. The number of hydrogen-bond acceptors (Lipinski definition) is 2. The standard InChI is InChI=1S/C11H19NO2/c1-9-4-5-10(2)12(9)11(6-7-13)8-14-3/h4-5,11,13H,6-8H2,1-3H3. The second-order valence-electron chi connectivity index (χ2n) is 3.61. The zero-order chi connectivity index (χ0) is 10.6. The molecular formula is C11H19NO2. The molecule has 1 heterocycles. The second kappa shape index (κ2) is 5.17. The van der Waals surface area contributed by atoms with Crippen molar-refractivity contribution in [1.82, 2.24) is 4.57 Å². The van der Waals surface area contributed by atoms with Crippen molar-refractivity contribution < 1.29 is 9.84 Å². The van der Waals surface area contributed by atoms with Crippen LogP contribution >= 0.6 is 0 Å². The van der Waals surface area contributed by atoms with Crippen molar-refractivity contribution in [2.24, 2.45) is 0 Å². The van der Waals surface area contributed by atoms with Crippen LogP contribution in [0.2, 0.25) is 0 Å². The maximum atomic E-state index is 8.98. The third kappa shape index (κ3) is 2.36. The average molecular weight is 197 g/mol. The number of aliphatic hydroxyl groups excluding tert-OH is 1. The smallest absolute Gasteiger partial charge is 0.0671 e. The van der Waals surface area contributed by atoms with Crippen LogP contribution in [0.4, 0.5) is 0 Å². The molecule has 0 aliphatic heterocycles.